The Morgan fingerprint density at radius 2 is 2.00 bits per heavy atom. The summed E-state index contributed by atoms with van der Waals surface area (Å²) in [4.78, 5) is 11.5. The van der Waals surface area contributed by atoms with E-state index in [1.807, 2.05) is 4.90 Å². The predicted octanol–water partition coefficient (Wildman–Crippen LogP) is 0.830. The smallest absolute Gasteiger partial charge is 0.238 e. The van der Waals surface area contributed by atoms with E-state index in [4.69, 9.17) is 14.4 Å². The fourth-order valence-electron chi connectivity index (χ4n) is 2.97. The van der Waals surface area contributed by atoms with Gasteiger partial charge in [0.05, 0.1) is 6.10 Å². The molecule has 0 aromatic carbocycles. The molecule has 138 valence electrons. The van der Waals surface area contributed by atoms with Gasteiger partial charge in [-0.1, -0.05) is 26.0 Å². The van der Waals surface area contributed by atoms with Gasteiger partial charge in [-0.15, -0.1) is 15.3 Å². The van der Waals surface area contributed by atoms with Gasteiger partial charge in [0.25, 0.3) is 0 Å². The van der Waals surface area contributed by atoms with Crippen molar-refractivity contribution in [2.75, 3.05) is 18.0 Å². The maximum absolute atomic E-state index is 9.91. The van der Waals surface area contributed by atoms with Crippen LogP contribution in [-0.2, 0) is 12.0 Å². The summed E-state index contributed by atoms with van der Waals surface area (Å²) in [6.45, 7) is 9.48. The molecule has 3 aromatic heterocycles. The molecule has 0 spiro atoms. The number of β-amino-alcohol motifs (C(OH)–C–C–N with tert-alkyl or cyclic N) is 1. The Labute approximate surface area is 150 Å². The highest BCUT2D eigenvalue weighted by Crippen LogP contribution is 2.29. The maximum Gasteiger partial charge on any atom is 0.238 e. The summed E-state index contributed by atoms with van der Waals surface area (Å²) in [7, 11) is 0. The standard InChI is InChI=1S/C16H22N8O2/c1-9-19-20-11(26-9)8-24-14-12(21-22-24)13(23-6-5-10(25)7-23)17-15(18-14)16(2,3)4/h10,25H,5-8H2,1-4H3. The number of aromatic nitrogens is 7. The molecule has 0 amide bonds. The normalized spacial score (nSPS) is 18.2. The van der Waals surface area contributed by atoms with E-state index in [0.717, 1.165) is 6.54 Å². The summed E-state index contributed by atoms with van der Waals surface area (Å²) < 4.78 is 7.10. The van der Waals surface area contributed by atoms with E-state index in [9.17, 15) is 5.11 Å². The zero-order valence-corrected chi connectivity index (χ0v) is 15.3. The number of hydrogen-bond donors (Lipinski definition) is 1. The number of hydrogen-bond acceptors (Lipinski definition) is 9. The molecule has 1 saturated heterocycles. The lowest BCUT2D eigenvalue weighted by Crippen LogP contribution is -2.25. The summed E-state index contributed by atoms with van der Waals surface area (Å²) >= 11 is 0. The number of rotatable bonds is 3. The van der Waals surface area contributed by atoms with Crippen molar-refractivity contribution in [3.63, 3.8) is 0 Å². The first-order valence-corrected chi connectivity index (χ1v) is 8.65. The number of aryl methyl sites for hydroxylation is 1. The van der Waals surface area contributed by atoms with E-state index in [1.54, 1.807) is 11.6 Å². The summed E-state index contributed by atoms with van der Waals surface area (Å²) in [5.41, 5.74) is 0.998. The number of fused-ring (bicyclic) bond motifs is 1. The Balaban J connectivity index is 1.82. The van der Waals surface area contributed by atoms with Crippen molar-refractivity contribution in [2.24, 2.45) is 0 Å². The van der Waals surface area contributed by atoms with Crippen LogP contribution in [0, 0.1) is 6.92 Å². The minimum absolute atomic E-state index is 0.239. The first-order valence-electron chi connectivity index (χ1n) is 8.65. The van der Waals surface area contributed by atoms with Crippen LogP contribution in [-0.4, -0.2) is 59.5 Å². The van der Waals surface area contributed by atoms with Crippen molar-refractivity contribution in [1.82, 2.24) is 35.2 Å². The fourth-order valence-corrected chi connectivity index (χ4v) is 2.97. The van der Waals surface area contributed by atoms with Gasteiger partial charge in [0.15, 0.2) is 17.0 Å². The fraction of sp³-hybridized carbons (Fsp3) is 0.625. The lowest BCUT2D eigenvalue weighted by molar-refractivity contribution is 0.198. The zero-order valence-electron chi connectivity index (χ0n) is 15.3. The summed E-state index contributed by atoms with van der Waals surface area (Å²) in [6, 6.07) is 0. The molecule has 26 heavy (non-hydrogen) atoms. The van der Waals surface area contributed by atoms with Gasteiger partial charge in [-0.2, -0.15) is 0 Å². The van der Waals surface area contributed by atoms with Crippen LogP contribution in [0.2, 0.25) is 0 Å². The highest BCUT2D eigenvalue weighted by molar-refractivity contribution is 5.83. The predicted molar refractivity (Wildman–Crippen MR) is 92.8 cm³/mol. The molecule has 10 heteroatoms. The monoisotopic (exact) mass is 358 g/mol. The Bertz CT molecular complexity index is 942. The second-order valence-electron chi connectivity index (χ2n) is 7.64. The molecule has 10 nitrogen and oxygen atoms in total. The SMILES string of the molecule is Cc1nnc(Cn2nnc3c(N4CCC(O)C4)nc(C(C)(C)C)nc32)o1. The van der Waals surface area contributed by atoms with E-state index < -0.39 is 0 Å². The van der Waals surface area contributed by atoms with E-state index in [0.29, 0.717) is 54.1 Å². The third-order valence-corrected chi connectivity index (χ3v) is 4.33. The molecular formula is C16H22N8O2. The molecule has 4 rings (SSSR count). The van der Waals surface area contributed by atoms with E-state index >= 15 is 0 Å². The van der Waals surface area contributed by atoms with Gasteiger partial charge in [-0.3, -0.25) is 0 Å². The molecule has 0 radical (unpaired) electrons. The topological polar surface area (TPSA) is 119 Å². The highest BCUT2D eigenvalue weighted by Gasteiger charge is 2.29. The largest absolute Gasteiger partial charge is 0.424 e. The highest BCUT2D eigenvalue weighted by atomic mass is 16.4. The molecule has 1 atom stereocenters. The number of aliphatic hydroxyl groups excluding tert-OH is 1. The second-order valence-corrected chi connectivity index (χ2v) is 7.64. The van der Waals surface area contributed by atoms with Gasteiger partial charge in [0.2, 0.25) is 11.8 Å². The van der Waals surface area contributed by atoms with Crippen LogP contribution in [0.25, 0.3) is 11.2 Å². The van der Waals surface area contributed by atoms with Gasteiger partial charge in [0, 0.05) is 25.4 Å². The van der Waals surface area contributed by atoms with Crippen molar-refractivity contribution in [2.45, 2.75) is 52.2 Å². The van der Waals surface area contributed by atoms with Gasteiger partial charge in [-0.25, -0.2) is 14.6 Å². The molecule has 1 unspecified atom stereocenters. The summed E-state index contributed by atoms with van der Waals surface area (Å²) in [5, 5.41) is 26.3. The van der Waals surface area contributed by atoms with Gasteiger partial charge < -0.3 is 14.4 Å². The lowest BCUT2D eigenvalue weighted by Gasteiger charge is -2.21. The molecule has 1 N–H and O–H groups in total. The molecule has 0 aliphatic carbocycles. The van der Waals surface area contributed by atoms with Crippen molar-refractivity contribution in [3.05, 3.63) is 17.6 Å². The van der Waals surface area contributed by atoms with Crippen LogP contribution >= 0.6 is 0 Å². The number of anilines is 1. The van der Waals surface area contributed by atoms with Crippen LogP contribution in [0.4, 0.5) is 5.82 Å². The van der Waals surface area contributed by atoms with Crippen molar-refractivity contribution in [3.8, 4) is 0 Å². The number of aliphatic hydroxyl groups is 1. The van der Waals surface area contributed by atoms with Crippen molar-refractivity contribution < 1.29 is 9.52 Å². The Morgan fingerprint density at radius 3 is 2.62 bits per heavy atom. The second kappa shape index (κ2) is 5.97. The molecule has 0 bridgehead atoms. The minimum Gasteiger partial charge on any atom is -0.424 e. The molecule has 1 aliphatic heterocycles. The van der Waals surface area contributed by atoms with Crippen molar-refractivity contribution >= 4 is 17.0 Å². The molecule has 3 aromatic rings. The first kappa shape index (κ1) is 16.8. The van der Waals surface area contributed by atoms with Crippen LogP contribution < -0.4 is 4.90 Å². The quantitative estimate of drug-likeness (QED) is 0.726. The third kappa shape index (κ3) is 3.00. The Morgan fingerprint density at radius 1 is 1.19 bits per heavy atom. The van der Waals surface area contributed by atoms with E-state index in [2.05, 4.69) is 41.3 Å². The average molecular weight is 358 g/mol. The molecule has 1 aliphatic rings. The average Bonchev–Trinajstić information content (AvgIpc) is 3.27. The minimum atomic E-state index is -0.352. The Hall–Kier alpha value is -2.62. The number of nitrogens with zero attached hydrogens (tertiary/aromatic N) is 8. The summed E-state index contributed by atoms with van der Waals surface area (Å²) in [5.74, 6) is 2.36. The molecular weight excluding hydrogens is 336 g/mol. The van der Waals surface area contributed by atoms with Crippen molar-refractivity contribution in [1.29, 1.82) is 0 Å². The van der Waals surface area contributed by atoms with Crippen LogP contribution in [0.15, 0.2) is 4.42 Å². The summed E-state index contributed by atoms with van der Waals surface area (Å²) in [6.07, 6.45) is 0.362. The lowest BCUT2D eigenvalue weighted by atomic mass is 9.96. The Kier molecular flexibility index (Phi) is 3.87. The van der Waals surface area contributed by atoms with E-state index in [-0.39, 0.29) is 11.5 Å². The van der Waals surface area contributed by atoms with Gasteiger partial charge >= 0.3 is 0 Å². The third-order valence-electron chi connectivity index (χ3n) is 4.33. The van der Waals surface area contributed by atoms with E-state index in [1.165, 1.54) is 0 Å². The first-order chi connectivity index (χ1) is 12.3. The maximum atomic E-state index is 9.91. The molecule has 1 fully saturated rings. The zero-order chi connectivity index (χ0) is 18.5. The van der Waals surface area contributed by atoms with Gasteiger partial charge in [-0.05, 0) is 6.42 Å². The van der Waals surface area contributed by atoms with Crippen LogP contribution in [0.1, 0.15) is 44.8 Å². The molecule has 0 saturated carbocycles. The van der Waals surface area contributed by atoms with Crippen LogP contribution in [0.3, 0.4) is 0 Å². The van der Waals surface area contributed by atoms with Gasteiger partial charge in [0.1, 0.15) is 12.4 Å². The molecule has 4 heterocycles. The van der Waals surface area contributed by atoms with Crippen LogP contribution in [0.5, 0.6) is 0 Å².